The first-order chi connectivity index (χ1) is 6.67. The van der Waals surface area contributed by atoms with Crippen LogP contribution in [0.3, 0.4) is 0 Å². The summed E-state index contributed by atoms with van der Waals surface area (Å²) in [5, 5.41) is 9.09. The zero-order chi connectivity index (χ0) is 12.3. The molecular weight excluding hydrogens is 194 g/mol. The minimum Gasteiger partial charge on any atom is -0.480 e. The van der Waals surface area contributed by atoms with E-state index < -0.39 is 16.9 Å². The Morgan fingerprint density at radius 1 is 1.27 bits per heavy atom. The fourth-order valence-corrected chi connectivity index (χ4v) is 1.39. The van der Waals surface area contributed by atoms with Crippen molar-refractivity contribution < 1.29 is 14.7 Å². The standard InChI is InChI=1S/C11H21NO3/c1-5-6-7-8(13)11(12,9(14)15)10(2,3)4/h5-7,12H2,1-4H3,(H,14,15). The maximum atomic E-state index is 11.8. The molecule has 15 heavy (non-hydrogen) atoms. The van der Waals surface area contributed by atoms with Crippen molar-refractivity contribution in [3.8, 4) is 0 Å². The second kappa shape index (κ2) is 4.75. The molecule has 0 aromatic heterocycles. The Bertz CT molecular complexity index is 255. The normalized spacial score (nSPS) is 15.8. The van der Waals surface area contributed by atoms with Crippen LogP contribution in [0.1, 0.15) is 47.0 Å². The molecule has 0 aliphatic rings. The number of ketones is 1. The van der Waals surface area contributed by atoms with Crippen molar-refractivity contribution >= 4 is 11.8 Å². The summed E-state index contributed by atoms with van der Waals surface area (Å²) in [6.07, 6.45) is 1.77. The quantitative estimate of drug-likeness (QED) is 0.682. The topological polar surface area (TPSA) is 80.4 Å². The predicted octanol–water partition coefficient (Wildman–Crippen LogP) is 1.57. The SMILES string of the molecule is CCCCC(=O)C(N)(C(=O)O)C(C)(C)C. The van der Waals surface area contributed by atoms with E-state index in [9.17, 15) is 9.59 Å². The lowest BCUT2D eigenvalue weighted by atomic mass is 9.70. The van der Waals surface area contributed by atoms with Gasteiger partial charge in [-0.05, 0) is 11.8 Å². The third-order valence-corrected chi connectivity index (χ3v) is 2.72. The van der Waals surface area contributed by atoms with E-state index in [0.29, 0.717) is 6.42 Å². The smallest absolute Gasteiger partial charge is 0.332 e. The number of carbonyl (C=O) groups excluding carboxylic acids is 1. The van der Waals surface area contributed by atoms with Gasteiger partial charge in [0, 0.05) is 6.42 Å². The van der Waals surface area contributed by atoms with Gasteiger partial charge in [0.25, 0.3) is 0 Å². The van der Waals surface area contributed by atoms with E-state index >= 15 is 0 Å². The zero-order valence-electron chi connectivity index (χ0n) is 9.96. The van der Waals surface area contributed by atoms with Gasteiger partial charge in [-0.15, -0.1) is 0 Å². The second-order valence-electron chi connectivity index (χ2n) is 4.89. The van der Waals surface area contributed by atoms with Crippen LogP contribution in [-0.4, -0.2) is 22.4 Å². The van der Waals surface area contributed by atoms with Gasteiger partial charge in [-0.1, -0.05) is 34.1 Å². The molecule has 3 N–H and O–H groups in total. The lowest BCUT2D eigenvalue weighted by Crippen LogP contribution is -2.63. The zero-order valence-corrected chi connectivity index (χ0v) is 9.96. The highest BCUT2D eigenvalue weighted by atomic mass is 16.4. The highest BCUT2D eigenvalue weighted by molar-refractivity contribution is 6.08. The number of nitrogens with two attached hydrogens (primary N) is 1. The van der Waals surface area contributed by atoms with Crippen LogP contribution >= 0.6 is 0 Å². The van der Waals surface area contributed by atoms with E-state index in [1.807, 2.05) is 6.92 Å². The van der Waals surface area contributed by atoms with E-state index in [1.165, 1.54) is 0 Å². The second-order valence-corrected chi connectivity index (χ2v) is 4.89. The number of carbonyl (C=O) groups is 2. The predicted molar refractivity (Wildman–Crippen MR) is 58.5 cm³/mol. The van der Waals surface area contributed by atoms with Crippen LogP contribution in [0.5, 0.6) is 0 Å². The first-order valence-electron chi connectivity index (χ1n) is 5.23. The monoisotopic (exact) mass is 215 g/mol. The van der Waals surface area contributed by atoms with E-state index in [-0.39, 0.29) is 12.2 Å². The van der Waals surface area contributed by atoms with Crippen molar-refractivity contribution in [1.29, 1.82) is 0 Å². The minimum atomic E-state index is -1.78. The number of aliphatic carboxylic acids is 1. The first-order valence-corrected chi connectivity index (χ1v) is 5.23. The molecule has 0 aliphatic carbocycles. The van der Waals surface area contributed by atoms with Gasteiger partial charge in [0.05, 0.1) is 0 Å². The largest absolute Gasteiger partial charge is 0.480 e. The van der Waals surface area contributed by atoms with Crippen molar-refractivity contribution in [2.45, 2.75) is 52.5 Å². The summed E-state index contributed by atoms with van der Waals surface area (Å²) in [6.45, 7) is 6.96. The molecule has 1 unspecified atom stereocenters. The number of Topliss-reactive ketones (excluding diaryl/α,β-unsaturated/α-hetero) is 1. The Hall–Kier alpha value is -0.900. The molecule has 88 valence electrons. The molecule has 0 spiro atoms. The lowest BCUT2D eigenvalue weighted by Gasteiger charge is -2.36. The number of rotatable bonds is 5. The minimum absolute atomic E-state index is 0.233. The molecular formula is C11H21NO3. The molecule has 0 saturated heterocycles. The van der Waals surface area contributed by atoms with Gasteiger partial charge < -0.3 is 10.8 Å². The molecule has 0 aromatic carbocycles. The lowest BCUT2D eigenvalue weighted by molar-refractivity contribution is -0.153. The molecule has 0 rings (SSSR count). The van der Waals surface area contributed by atoms with Gasteiger partial charge in [0.15, 0.2) is 11.3 Å². The Balaban J connectivity index is 4.97. The molecule has 1 atom stereocenters. The Labute approximate surface area is 90.8 Å². The summed E-state index contributed by atoms with van der Waals surface area (Å²) in [7, 11) is 0. The number of hydrogen-bond acceptors (Lipinski definition) is 3. The Morgan fingerprint density at radius 2 is 1.73 bits per heavy atom. The van der Waals surface area contributed by atoms with Crippen LogP contribution in [0.4, 0.5) is 0 Å². The molecule has 0 radical (unpaired) electrons. The van der Waals surface area contributed by atoms with E-state index in [1.54, 1.807) is 20.8 Å². The maximum absolute atomic E-state index is 11.8. The van der Waals surface area contributed by atoms with Crippen molar-refractivity contribution in [2.24, 2.45) is 11.1 Å². The first kappa shape index (κ1) is 14.1. The molecule has 0 heterocycles. The van der Waals surface area contributed by atoms with Crippen LogP contribution in [-0.2, 0) is 9.59 Å². The van der Waals surface area contributed by atoms with Crippen LogP contribution in [0, 0.1) is 5.41 Å². The van der Waals surface area contributed by atoms with Crippen LogP contribution < -0.4 is 5.73 Å². The molecule has 0 aliphatic heterocycles. The summed E-state index contributed by atoms with van der Waals surface area (Å²) in [6, 6.07) is 0. The van der Waals surface area contributed by atoms with Crippen molar-refractivity contribution in [2.75, 3.05) is 0 Å². The highest BCUT2D eigenvalue weighted by Gasteiger charge is 2.50. The molecule has 4 nitrogen and oxygen atoms in total. The van der Waals surface area contributed by atoms with Gasteiger partial charge in [0.2, 0.25) is 0 Å². The van der Waals surface area contributed by atoms with Gasteiger partial charge in [-0.25, -0.2) is 4.79 Å². The third-order valence-electron chi connectivity index (χ3n) is 2.72. The van der Waals surface area contributed by atoms with E-state index in [2.05, 4.69) is 0 Å². The van der Waals surface area contributed by atoms with Crippen molar-refractivity contribution in [3.63, 3.8) is 0 Å². The summed E-state index contributed by atoms with van der Waals surface area (Å²) >= 11 is 0. The van der Waals surface area contributed by atoms with Crippen LogP contribution in [0.15, 0.2) is 0 Å². The molecule has 0 amide bonds. The summed E-state index contributed by atoms with van der Waals surface area (Å²) in [5.41, 5.74) is 3.20. The fourth-order valence-electron chi connectivity index (χ4n) is 1.39. The highest BCUT2D eigenvalue weighted by Crippen LogP contribution is 2.30. The molecule has 0 saturated carbocycles. The van der Waals surface area contributed by atoms with Crippen LogP contribution in [0.2, 0.25) is 0 Å². The number of unbranched alkanes of at least 4 members (excludes halogenated alkanes) is 1. The van der Waals surface area contributed by atoms with E-state index in [0.717, 1.165) is 6.42 Å². The molecule has 4 heteroatoms. The van der Waals surface area contributed by atoms with Crippen molar-refractivity contribution in [3.05, 3.63) is 0 Å². The van der Waals surface area contributed by atoms with Gasteiger partial charge >= 0.3 is 5.97 Å². The third kappa shape index (κ3) is 2.78. The maximum Gasteiger partial charge on any atom is 0.332 e. The summed E-state index contributed by atoms with van der Waals surface area (Å²) in [5.74, 6) is -1.62. The van der Waals surface area contributed by atoms with Crippen molar-refractivity contribution in [1.82, 2.24) is 0 Å². The summed E-state index contributed by atoms with van der Waals surface area (Å²) < 4.78 is 0. The average Bonchev–Trinajstić information content (AvgIpc) is 2.10. The van der Waals surface area contributed by atoms with Gasteiger partial charge in [-0.2, -0.15) is 0 Å². The molecule has 0 aromatic rings. The molecule has 0 fully saturated rings. The van der Waals surface area contributed by atoms with Crippen LogP contribution in [0.25, 0.3) is 0 Å². The Morgan fingerprint density at radius 3 is 2.00 bits per heavy atom. The average molecular weight is 215 g/mol. The summed E-state index contributed by atoms with van der Waals surface area (Å²) in [4.78, 5) is 22.9. The number of carboxylic acids is 1. The van der Waals surface area contributed by atoms with Gasteiger partial charge in [-0.3, -0.25) is 4.79 Å². The number of hydrogen-bond donors (Lipinski definition) is 2. The molecule has 0 bridgehead atoms. The van der Waals surface area contributed by atoms with Gasteiger partial charge in [0.1, 0.15) is 0 Å². The number of carboxylic acid groups (broad SMARTS) is 1. The Kier molecular flexibility index (Phi) is 4.46. The van der Waals surface area contributed by atoms with E-state index in [4.69, 9.17) is 10.8 Å². The fraction of sp³-hybridized carbons (Fsp3) is 0.818.